The molecule has 100 valence electrons. The molecule has 0 radical (unpaired) electrons. The highest BCUT2D eigenvalue weighted by Gasteiger charge is 2.18. The van der Waals surface area contributed by atoms with E-state index in [-0.39, 0.29) is 17.7 Å². The van der Waals surface area contributed by atoms with E-state index in [0.29, 0.717) is 13.0 Å². The summed E-state index contributed by atoms with van der Waals surface area (Å²) in [5.74, 6) is -0.132. The third kappa shape index (κ3) is 6.60. The highest BCUT2D eigenvalue weighted by molar-refractivity contribution is 7.89. The molecule has 0 bridgehead atoms. The van der Waals surface area contributed by atoms with Gasteiger partial charge in [-0.15, -0.1) is 0 Å². The fourth-order valence-corrected chi connectivity index (χ4v) is 2.41. The summed E-state index contributed by atoms with van der Waals surface area (Å²) in [6.07, 6.45) is 4.53. The molecule has 4 N–H and O–H groups in total. The molecule has 1 fully saturated rings. The van der Waals surface area contributed by atoms with Crippen LogP contribution in [0.2, 0.25) is 0 Å². The fraction of sp³-hybridized carbons (Fsp3) is 0.900. The summed E-state index contributed by atoms with van der Waals surface area (Å²) in [5.41, 5.74) is 0. The van der Waals surface area contributed by atoms with Gasteiger partial charge < -0.3 is 10.6 Å². The molecule has 0 aromatic carbocycles. The first-order valence-corrected chi connectivity index (χ1v) is 7.72. The second-order valence-electron chi connectivity index (χ2n) is 4.37. The Morgan fingerprint density at radius 1 is 1.35 bits per heavy atom. The van der Waals surface area contributed by atoms with Gasteiger partial charge >= 0.3 is 0 Å². The van der Waals surface area contributed by atoms with Crippen molar-refractivity contribution in [3.05, 3.63) is 0 Å². The maximum atomic E-state index is 11.7. The maximum absolute atomic E-state index is 11.7. The van der Waals surface area contributed by atoms with Gasteiger partial charge in [-0.05, 0) is 25.8 Å². The molecule has 1 heterocycles. The molecule has 1 aliphatic rings. The van der Waals surface area contributed by atoms with Crippen molar-refractivity contribution < 1.29 is 13.2 Å². The second kappa shape index (κ2) is 6.93. The Morgan fingerprint density at radius 3 is 2.82 bits per heavy atom. The first-order chi connectivity index (χ1) is 7.99. The van der Waals surface area contributed by atoms with Crippen LogP contribution >= 0.6 is 0 Å². The smallest absolute Gasteiger partial charge is 0.237 e. The standard InChI is InChI=1S/C10H21N3O3S/c11-17(15,16)8-4-7-13-10(14)9-5-2-1-3-6-12-9/h9,12H,1-8H2,(H,13,14)(H2,11,15,16). The van der Waals surface area contributed by atoms with E-state index >= 15 is 0 Å². The number of nitrogens with one attached hydrogen (secondary N) is 2. The third-order valence-corrected chi connectivity index (χ3v) is 3.64. The summed E-state index contributed by atoms with van der Waals surface area (Å²) in [6, 6.07) is -0.132. The summed E-state index contributed by atoms with van der Waals surface area (Å²) < 4.78 is 21.4. The van der Waals surface area contributed by atoms with Crippen LogP contribution in [0.3, 0.4) is 0 Å². The van der Waals surface area contributed by atoms with E-state index in [0.717, 1.165) is 32.2 Å². The Morgan fingerprint density at radius 2 is 2.12 bits per heavy atom. The molecule has 1 unspecified atom stereocenters. The van der Waals surface area contributed by atoms with Gasteiger partial charge in [-0.25, -0.2) is 13.6 Å². The molecule has 0 aromatic heterocycles. The number of amides is 1. The molecule has 1 aliphatic heterocycles. The quantitative estimate of drug-likeness (QED) is 0.572. The van der Waals surface area contributed by atoms with Gasteiger partial charge in [0.25, 0.3) is 0 Å². The second-order valence-corrected chi connectivity index (χ2v) is 6.10. The van der Waals surface area contributed by atoms with Crippen molar-refractivity contribution in [2.45, 2.75) is 38.1 Å². The summed E-state index contributed by atoms with van der Waals surface area (Å²) in [7, 11) is -3.42. The number of hydrogen-bond acceptors (Lipinski definition) is 4. The van der Waals surface area contributed by atoms with Crippen molar-refractivity contribution in [1.82, 2.24) is 10.6 Å². The molecule has 7 heteroatoms. The van der Waals surface area contributed by atoms with E-state index < -0.39 is 10.0 Å². The van der Waals surface area contributed by atoms with Crippen LogP contribution in [0.25, 0.3) is 0 Å². The van der Waals surface area contributed by atoms with Crippen LogP contribution in [-0.2, 0) is 14.8 Å². The van der Waals surface area contributed by atoms with Gasteiger partial charge in [0, 0.05) is 6.54 Å². The van der Waals surface area contributed by atoms with Crippen LogP contribution in [0.4, 0.5) is 0 Å². The Kier molecular flexibility index (Phi) is 5.87. The number of hydrogen-bond donors (Lipinski definition) is 3. The van der Waals surface area contributed by atoms with Gasteiger partial charge in [-0.2, -0.15) is 0 Å². The first kappa shape index (κ1) is 14.4. The van der Waals surface area contributed by atoms with Gasteiger partial charge in [0.2, 0.25) is 15.9 Å². The molecular formula is C10H21N3O3S. The predicted octanol–water partition coefficient (Wildman–Crippen LogP) is -0.687. The normalized spacial score (nSPS) is 21.8. The van der Waals surface area contributed by atoms with Crippen LogP contribution in [0.15, 0.2) is 0 Å². The summed E-state index contributed by atoms with van der Waals surface area (Å²) >= 11 is 0. The molecule has 1 saturated heterocycles. The van der Waals surface area contributed by atoms with Gasteiger partial charge in [0.15, 0.2) is 0 Å². The number of primary sulfonamides is 1. The van der Waals surface area contributed by atoms with Crippen LogP contribution in [0, 0.1) is 0 Å². The van der Waals surface area contributed by atoms with E-state index in [9.17, 15) is 13.2 Å². The Balaban J connectivity index is 2.19. The molecule has 0 spiro atoms. The average molecular weight is 263 g/mol. The van der Waals surface area contributed by atoms with Crippen molar-refractivity contribution in [2.75, 3.05) is 18.8 Å². The lowest BCUT2D eigenvalue weighted by atomic mass is 10.1. The van der Waals surface area contributed by atoms with E-state index in [1.165, 1.54) is 0 Å². The zero-order valence-electron chi connectivity index (χ0n) is 9.94. The molecule has 1 atom stereocenters. The SMILES string of the molecule is NS(=O)(=O)CCCNC(=O)C1CCCCCN1. The van der Waals surface area contributed by atoms with E-state index in [1.54, 1.807) is 0 Å². The van der Waals surface area contributed by atoms with E-state index in [1.807, 2.05) is 0 Å². The van der Waals surface area contributed by atoms with Gasteiger partial charge in [-0.1, -0.05) is 12.8 Å². The van der Waals surface area contributed by atoms with Crippen LogP contribution < -0.4 is 15.8 Å². The lowest BCUT2D eigenvalue weighted by molar-refractivity contribution is -0.123. The molecule has 0 saturated carbocycles. The zero-order chi connectivity index (χ0) is 12.7. The van der Waals surface area contributed by atoms with Crippen molar-refractivity contribution in [2.24, 2.45) is 5.14 Å². The minimum atomic E-state index is -3.42. The first-order valence-electron chi connectivity index (χ1n) is 6.00. The maximum Gasteiger partial charge on any atom is 0.237 e. The van der Waals surface area contributed by atoms with Crippen molar-refractivity contribution in [3.8, 4) is 0 Å². The molecular weight excluding hydrogens is 242 g/mol. The van der Waals surface area contributed by atoms with Crippen molar-refractivity contribution in [1.29, 1.82) is 0 Å². The zero-order valence-corrected chi connectivity index (χ0v) is 10.8. The average Bonchev–Trinajstić information content (AvgIpc) is 2.51. The number of carbonyl (C=O) groups excluding carboxylic acids is 1. The molecule has 17 heavy (non-hydrogen) atoms. The number of carbonyl (C=O) groups is 1. The number of rotatable bonds is 5. The topological polar surface area (TPSA) is 101 Å². The molecule has 0 aromatic rings. The lowest BCUT2D eigenvalue weighted by Gasteiger charge is -2.15. The monoisotopic (exact) mass is 263 g/mol. The van der Waals surface area contributed by atoms with Crippen LogP contribution in [-0.4, -0.2) is 39.2 Å². The Bertz CT molecular complexity index is 335. The number of sulfonamides is 1. The fourth-order valence-electron chi connectivity index (χ4n) is 1.86. The predicted molar refractivity (Wildman–Crippen MR) is 65.9 cm³/mol. The largest absolute Gasteiger partial charge is 0.355 e. The minimum absolute atomic E-state index is 0.0404. The van der Waals surface area contributed by atoms with E-state index in [2.05, 4.69) is 10.6 Å². The van der Waals surface area contributed by atoms with Gasteiger partial charge in [0.1, 0.15) is 0 Å². The van der Waals surface area contributed by atoms with Crippen molar-refractivity contribution >= 4 is 15.9 Å². The Hall–Kier alpha value is -0.660. The van der Waals surface area contributed by atoms with E-state index in [4.69, 9.17) is 5.14 Å². The highest BCUT2D eigenvalue weighted by atomic mass is 32.2. The highest BCUT2D eigenvalue weighted by Crippen LogP contribution is 2.08. The third-order valence-electron chi connectivity index (χ3n) is 2.78. The molecule has 0 aliphatic carbocycles. The molecule has 1 amide bonds. The van der Waals surface area contributed by atoms with Crippen LogP contribution in [0.5, 0.6) is 0 Å². The molecule has 1 rings (SSSR count). The van der Waals surface area contributed by atoms with Crippen LogP contribution in [0.1, 0.15) is 32.1 Å². The van der Waals surface area contributed by atoms with Crippen molar-refractivity contribution in [3.63, 3.8) is 0 Å². The Labute approximate surface area is 102 Å². The summed E-state index contributed by atoms with van der Waals surface area (Å²) in [6.45, 7) is 1.22. The lowest BCUT2D eigenvalue weighted by Crippen LogP contribution is -2.44. The molecule has 6 nitrogen and oxygen atoms in total. The summed E-state index contributed by atoms with van der Waals surface area (Å²) in [4.78, 5) is 11.7. The summed E-state index contributed by atoms with van der Waals surface area (Å²) in [5, 5.41) is 10.8. The number of nitrogens with two attached hydrogens (primary N) is 1. The van der Waals surface area contributed by atoms with Gasteiger partial charge in [0.05, 0.1) is 11.8 Å². The minimum Gasteiger partial charge on any atom is -0.355 e. The van der Waals surface area contributed by atoms with Gasteiger partial charge in [-0.3, -0.25) is 4.79 Å².